The van der Waals surface area contributed by atoms with Crippen molar-refractivity contribution in [3.05, 3.63) is 45.5 Å². The van der Waals surface area contributed by atoms with Crippen molar-refractivity contribution in [2.45, 2.75) is 13.0 Å². The van der Waals surface area contributed by atoms with Crippen molar-refractivity contribution in [3.63, 3.8) is 0 Å². The van der Waals surface area contributed by atoms with E-state index in [1.54, 1.807) is 0 Å². The summed E-state index contributed by atoms with van der Waals surface area (Å²) in [4.78, 5) is 7.07. The lowest BCUT2D eigenvalue weighted by Gasteiger charge is -2.17. The molecule has 1 aromatic carbocycles. The fourth-order valence-electron chi connectivity index (χ4n) is 2.08. The Kier molecular flexibility index (Phi) is 3.31. The number of rotatable bonds is 1. The van der Waals surface area contributed by atoms with Gasteiger partial charge in [0, 0.05) is 23.2 Å². The minimum absolute atomic E-state index is 0.113. The molecule has 0 saturated heterocycles. The summed E-state index contributed by atoms with van der Waals surface area (Å²) in [6.45, 7) is 0.901. The average molecular weight is 298 g/mol. The average Bonchev–Trinajstić information content (AvgIpc) is 2.44. The van der Waals surface area contributed by atoms with Crippen LogP contribution in [0.2, 0.25) is 0 Å². The molecule has 1 aliphatic heterocycles. The largest absolute Gasteiger partial charge is 0.376 e. The highest BCUT2D eigenvalue weighted by Crippen LogP contribution is 2.24. The topological polar surface area (TPSA) is 37.9 Å². The summed E-state index contributed by atoms with van der Waals surface area (Å²) in [5, 5.41) is 0. The van der Waals surface area contributed by atoms with Crippen molar-refractivity contribution in [2.24, 2.45) is 0 Å². The molecule has 7 heteroatoms. The minimum atomic E-state index is -1.50. The number of fused-ring (bicyclic) bond motifs is 1. The van der Waals surface area contributed by atoms with Crippen LogP contribution in [0.25, 0.3) is 11.4 Å². The second kappa shape index (κ2) is 4.99. The van der Waals surface area contributed by atoms with Crippen molar-refractivity contribution in [3.8, 4) is 11.4 Å². The van der Waals surface area contributed by atoms with Gasteiger partial charge in [0.25, 0.3) is 0 Å². The molecule has 0 spiro atoms. The van der Waals surface area contributed by atoms with Gasteiger partial charge in [-0.25, -0.2) is 18.2 Å². The number of aromatic nitrogens is 2. The molecule has 20 heavy (non-hydrogen) atoms. The molecule has 0 amide bonds. The van der Waals surface area contributed by atoms with Crippen LogP contribution in [0.1, 0.15) is 11.3 Å². The van der Waals surface area contributed by atoms with Crippen molar-refractivity contribution < 1.29 is 17.9 Å². The first-order valence-electron chi connectivity index (χ1n) is 5.91. The van der Waals surface area contributed by atoms with E-state index >= 15 is 0 Å². The molecule has 0 fully saturated rings. The molecule has 0 atom stereocenters. The number of nitrogens with zero attached hydrogens (tertiary/aromatic N) is 1. The van der Waals surface area contributed by atoms with E-state index in [1.807, 2.05) is 0 Å². The van der Waals surface area contributed by atoms with Gasteiger partial charge in [-0.3, -0.25) is 0 Å². The molecule has 0 bridgehead atoms. The van der Waals surface area contributed by atoms with E-state index in [1.165, 1.54) is 0 Å². The van der Waals surface area contributed by atoms with Crippen LogP contribution in [-0.2, 0) is 17.8 Å². The van der Waals surface area contributed by atoms with Gasteiger partial charge in [0.15, 0.2) is 17.5 Å². The summed E-state index contributed by atoms with van der Waals surface area (Å²) >= 11 is 5.15. The first kappa shape index (κ1) is 13.3. The lowest BCUT2D eigenvalue weighted by molar-refractivity contribution is 0.108. The smallest absolute Gasteiger partial charge is 0.194 e. The molecule has 104 valence electrons. The third-order valence-electron chi connectivity index (χ3n) is 3.11. The van der Waals surface area contributed by atoms with Crippen LogP contribution in [0, 0.1) is 22.1 Å². The highest BCUT2D eigenvalue weighted by molar-refractivity contribution is 7.71. The summed E-state index contributed by atoms with van der Waals surface area (Å²) in [6.07, 6.45) is 0.612. The van der Waals surface area contributed by atoms with Crippen molar-refractivity contribution in [2.75, 3.05) is 6.61 Å². The highest BCUT2D eigenvalue weighted by atomic mass is 32.1. The summed E-state index contributed by atoms with van der Waals surface area (Å²) < 4.78 is 45.1. The Morgan fingerprint density at radius 2 is 1.90 bits per heavy atom. The van der Waals surface area contributed by atoms with E-state index in [0.717, 1.165) is 23.4 Å². The standard InChI is InChI=1S/C13H9F3N2OS/c14-8-3-6(4-9(15)11(8)16)12-17-10-1-2-19-5-7(10)13(20)18-12/h3-4H,1-2,5H2,(H,17,18,20). The molecule has 0 aliphatic carbocycles. The monoisotopic (exact) mass is 298 g/mol. The van der Waals surface area contributed by atoms with Crippen LogP contribution in [0.4, 0.5) is 13.2 Å². The molecule has 1 N–H and O–H groups in total. The molecule has 1 aromatic heterocycles. The van der Waals surface area contributed by atoms with Gasteiger partial charge in [-0.05, 0) is 12.1 Å². The van der Waals surface area contributed by atoms with E-state index in [2.05, 4.69) is 9.97 Å². The van der Waals surface area contributed by atoms with Gasteiger partial charge in [0.05, 0.1) is 13.2 Å². The molecule has 2 heterocycles. The number of nitrogens with one attached hydrogen (secondary N) is 1. The second-order valence-electron chi connectivity index (χ2n) is 4.40. The van der Waals surface area contributed by atoms with Crippen LogP contribution >= 0.6 is 12.2 Å². The molecular formula is C13H9F3N2OS. The van der Waals surface area contributed by atoms with Crippen LogP contribution in [-0.4, -0.2) is 16.6 Å². The Morgan fingerprint density at radius 3 is 2.60 bits per heavy atom. The molecule has 3 rings (SSSR count). The van der Waals surface area contributed by atoms with Gasteiger partial charge in [-0.1, -0.05) is 12.2 Å². The number of hydrogen-bond donors (Lipinski definition) is 1. The van der Waals surface area contributed by atoms with Crippen LogP contribution in [0.5, 0.6) is 0 Å². The summed E-state index contributed by atoms with van der Waals surface area (Å²) in [7, 11) is 0. The number of benzene rings is 1. The Hall–Kier alpha value is -1.73. The molecular weight excluding hydrogens is 289 g/mol. The molecule has 0 radical (unpaired) electrons. The summed E-state index contributed by atoms with van der Waals surface area (Å²) in [6, 6.07) is 1.77. The molecule has 0 saturated carbocycles. The Labute approximate surface area is 117 Å². The lowest BCUT2D eigenvalue weighted by Crippen LogP contribution is -2.14. The number of hydrogen-bond acceptors (Lipinski definition) is 3. The fourth-order valence-corrected chi connectivity index (χ4v) is 2.36. The SMILES string of the molecule is Fc1cc(-c2nc(=S)c3c([nH]2)CCOC3)cc(F)c1F. The van der Waals surface area contributed by atoms with Crippen LogP contribution in [0.3, 0.4) is 0 Å². The predicted molar refractivity (Wildman–Crippen MR) is 68.1 cm³/mol. The fraction of sp³-hybridized carbons (Fsp3) is 0.231. The lowest BCUT2D eigenvalue weighted by atomic mass is 10.1. The maximum atomic E-state index is 13.3. The Balaban J connectivity index is 2.16. The van der Waals surface area contributed by atoms with Crippen LogP contribution in [0.15, 0.2) is 12.1 Å². The minimum Gasteiger partial charge on any atom is -0.376 e. The van der Waals surface area contributed by atoms with Crippen LogP contribution < -0.4 is 0 Å². The highest BCUT2D eigenvalue weighted by Gasteiger charge is 2.17. The first-order chi connectivity index (χ1) is 9.56. The predicted octanol–water partition coefficient (Wildman–Crippen LogP) is 3.30. The maximum Gasteiger partial charge on any atom is 0.194 e. The zero-order valence-electron chi connectivity index (χ0n) is 10.2. The van der Waals surface area contributed by atoms with Gasteiger partial charge < -0.3 is 9.72 Å². The van der Waals surface area contributed by atoms with Gasteiger partial charge in [-0.2, -0.15) is 0 Å². The zero-order chi connectivity index (χ0) is 14.3. The van der Waals surface area contributed by atoms with Gasteiger partial charge in [-0.15, -0.1) is 0 Å². The Morgan fingerprint density at radius 1 is 1.20 bits per heavy atom. The molecule has 0 unspecified atom stereocenters. The van der Waals surface area contributed by atoms with Gasteiger partial charge in [0.1, 0.15) is 10.5 Å². The van der Waals surface area contributed by atoms with Crippen molar-refractivity contribution in [1.82, 2.24) is 9.97 Å². The quantitative estimate of drug-likeness (QED) is 0.648. The van der Waals surface area contributed by atoms with E-state index in [0.29, 0.717) is 24.3 Å². The van der Waals surface area contributed by atoms with E-state index < -0.39 is 17.5 Å². The van der Waals surface area contributed by atoms with E-state index in [4.69, 9.17) is 17.0 Å². The number of aromatic amines is 1. The maximum absolute atomic E-state index is 13.3. The third kappa shape index (κ3) is 2.23. The normalized spacial score (nSPS) is 14.2. The van der Waals surface area contributed by atoms with E-state index in [9.17, 15) is 13.2 Å². The second-order valence-corrected chi connectivity index (χ2v) is 4.79. The van der Waals surface area contributed by atoms with E-state index in [-0.39, 0.29) is 11.4 Å². The summed E-state index contributed by atoms with van der Waals surface area (Å²) in [5.41, 5.74) is 1.72. The molecule has 2 aromatic rings. The van der Waals surface area contributed by atoms with Gasteiger partial charge in [0.2, 0.25) is 0 Å². The summed E-state index contributed by atoms with van der Waals surface area (Å²) in [5.74, 6) is -3.81. The molecule has 1 aliphatic rings. The number of halogens is 3. The first-order valence-corrected chi connectivity index (χ1v) is 6.32. The Bertz CT molecular complexity index is 722. The molecule has 3 nitrogen and oxygen atoms in total. The number of H-pyrrole nitrogens is 1. The van der Waals surface area contributed by atoms with Crippen molar-refractivity contribution in [1.29, 1.82) is 0 Å². The van der Waals surface area contributed by atoms with Gasteiger partial charge >= 0.3 is 0 Å². The number of ether oxygens (including phenoxy) is 1. The zero-order valence-corrected chi connectivity index (χ0v) is 11.0. The van der Waals surface area contributed by atoms with Crippen molar-refractivity contribution >= 4 is 12.2 Å². The third-order valence-corrected chi connectivity index (χ3v) is 3.44.